The molecule has 3 nitrogen and oxygen atoms in total. The van der Waals surface area contributed by atoms with Gasteiger partial charge in [0.05, 0.1) is 4.90 Å². The van der Waals surface area contributed by atoms with Gasteiger partial charge in [-0.3, -0.25) is 0 Å². The van der Waals surface area contributed by atoms with Crippen molar-refractivity contribution in [2.75, 3.05) is 7.05 Å². The molecule has 92 valence electrons. The molecule has 0 aromatic heterocycles. The first-order valence-corrected chi connectivity index (χ1v) is 7.23. The van der Waals surface area contributed by atoms with E-state index in [9.17, 15) is 8.42 Å². The number of hydrogen-bond donors (Lipinski definition) is 1. The van der Waals surface area contributed by atoms with Gasteiger partial charge in [-0.05, 0) is 44.0 Å². The summed E-state index contributed by atoms with van der Waals surface area (Å²) in [6, 6.07) is 5.91. The van der Waals surface area contributed by atoms with Crippen LogP contribution in [0.5, 0.6) is 0 Å². The lowest BCUT2D eigenvalue weighted by atomic mass is 9.99. The Morgan fingerprint density at radius 3 is 2.71 bits per heavy atom. The molecule has 1 aliphatic heterocycles. The van der Waals surface area contributed by atoms with Gasteiger partial charge in [-0.1, -0.05) is 18.2 Å². The first-order valence-electron chi connectivity index (χ1n) is 5.68. The van der Waals surface area contributed by atoms with Crippen molar-refractivity contribution in [2.45, 2.75) is 31.2 Å². The van der Waals surface area contributed by atoms with Crippen molar-refractivity contribution in [3.05, 3.63) is 34.7 Å². The van der Waals surface area contributed by atoms with Gasteiger partial charge in [0.15, 0.2) is 0 Å². The van der Waals surface area contributed by atoms with Gasteiger partial charge in [-0.15, -0.1) is 0 Å². The molecular formula is C13H17NO2S. The molecule has 0 amide bonds. The molecule has 1 aromatic rings. The van der Waals surface area contributed by atoms with Gasteiger partial charge in [0.25, 0.3) is 0 Å². The molecule has 0 spiro atoms. The lowest BCUT2D eigenvalue weighted by molar-refractivity contribution is 0.605. The molecule has 0 aliphatic carbocycles. The Bertz CT molecular complexity index is 573. The SMILES string of the molecule is CNC(C)CC1=CS(=O)(=O)c2c(C)cccc21. The van der Waals surface area contributed by atoms with Gasteiger partial charge >= 0.3 is 0 Å². The summed E-state index contributed by atoms with van der Waals surface area (Å²) in [6.45, 7) is 3.88. The zero-order valence-corrected chi connectivity index (χ0v) is 11.1. The molecule has 0 saturated carbocycles. The summed E-state index contributed by atoms with van der Waals surface area (Å²) < 4.78 is 24.1. The first kappa shape index (κ1) is 12.3. The lowest BCUT2D eigenvalue weighted by Gasteiger charge is -2.11. The Hall–Kier alpha value is -1.13. The van der Waals surface area contributed by atoms with Crippen LogP contribution in [-0.4, -0.2) is 21.5 Å². The van der Waals surface area contributed by atoms with Crippen molar-refractivity contribution in [3.8, 4) is 0 Å². The number of aryl methyl sites for hydroxylation is 1. The zero-order valence-electron chi connectivity index (χ0n) is 10.3. The highest BCUT2D eigenvalue weighted by molar-refractivity contribution is 7.95. The molecule has 1 heterocycles. The molecule has 1 N–H and O–H groups in total. The van der Waals surface area contributed by atoms with E-state index in [1.807, 2.05) is 39.1 Å². The van der Waals surface area contributed by atoms with E-state index in [0.717, 1.165) is 23.1 Å². The highest BCUT2D eigenvalue weighted by atomic mass is 32.2. The molecule has 17 heavy (non-hydrogen) atoms. The molecule has 1 aliphatic rings. The van der Waals surface area contributed by atoms with Crippen LogP contribution in [0.2, 0.25) is 0 Å². The number of hydrogen-bond acceptors (Lipinski definition) is 3. The van der Waals surface area contributed by atoms with Crippen molar-refractivity contribution in [2.24, 2.45) is 0 Å². The molecule has 0 fully saturated rings. The number of fused-ring (bicyclic) bond motifs is 1. The summed E-state index contributed by atoms with van der Waals surface area (Å²) in [5.41, 5.74) is 2.60. The van der Waals surface area contributed by atoms with E-state index in [1.165, 1.54) is 5.41 Å². The second-order valence-electron chi connectivity index (χ2n) is 4.53. The average molecular weight is 251 g/mol. The molecule has 2 rings (SSSR count). The average Bonchev–Trinajstić information content (AvgIpc) is 2.51. The third-order valence-corrected chi connectivity index (χ3v) is 4.86. The Morgan fingerprint density at radius 2 is 2.06 bits per heavy atom. The number of benzene rings is 1. The third-order valence-electron chi connectivity index (χ3n) is 3.16. The van der Waals surface area contributed by atoms with Crippen molar-refractivity contribution in [1.82, 2.24) is 5.32 Å². The summed E-state index contributed by atoms with van der Waals surface area (Å²) in [5, 5.41) is 4.54. The fourth-order valence-electron chi connectivity index (χ4n) is 2.18. The van der Waals surface area contributed by atoms with Crippen molar-refractivity contribution in [3.63, 3.8) is 0 Å². The summed E-state index contributed by atoms with van der Waals surface area (Å²) in [4.78, 5) is 0.485. The third kappa shape index (κ3) is 2.15. The van der Waals surface area contributed by atoms with Gasteiger partial charge < -0.3 is 5.32 Å². The number of nitrogens with one attached hydrogen (secondary N) is 1. The summed E-state index contributed by atoms with van der Waals surface area (Å²) >= 11 is 0. The lowest BCUT2D eigenvalue weighted by Crippen LogP contribution is -2.21. The van der Waals surface area contributed by atoms with Crippen LogP contribution in [0.1, 0.15) is 24.5 Å². The van der Waals surface area contributed by atoms with Crippen LogP contribution in [0.4, 0.5) is 0 Å². The molecule has 4 heteroatoms. The molecule has 1 atom stereocenters. The smallest absolute Gasteiger partial charge is 0.200 e. The molecule has 1 unspecified atom stereocenters. The predicted molar refractivity (Wildman–Crippen MR) is 69.5 cm³/mol. The molecular weight excluding hydrogens is 234 g/mol. The van der Waals surface area contributed by atoms with E-state index in [1.54, 1.807) is 0 Å². The monoisotopic (exact) mass is 251 g/mol. The van der Waals surface area contributed by atoms with Crippen LogP contribution in [0.3, 0.4) is 0 Å². The standard InChI is InChI=1S/C13H17NO2S/c1-9-5-4-6-12-11(7-10(2)14-3)8-17(15,16)13(9)12/h4-6,8,10,14H,7H2,1-3H3. The highest BCUT2D eigenvalue weighted by Gasteiger charge is 2.28. The molecule has 1 aromatic carbocycles. The van der Waals surface area contributed by atoms with Crippen LogP contribution in [0.25, 0.3) is 5.57 Å². The van der Waals surface area contributed by atoms with Crippen LogP contribution in [0, 0.1) is 6.92 Å². The fourth-order valence-corrected chi connectivity index (χ4v) is 3.92. The fraction of sp³-hybridized carbons (Fsp3) is 0.385. The van der Waals surface area contributed by atoms with E-state index in [4.69, 9.17) is 0 Å². The Labute approximate surface area is 102 Å². The van der Waals surface area contributed by atoms with Crippen LogP contribution >= 0.6 is 0 Å². The first-order chi connectivity index (χ1) is 7.95. The largest absolute Gasteiger partial charge is 0.317 e. The maximum absolute atomic E-state index is 12.1. The maximum atomic E-state index is 12.1. The second kappa shape index (κ2) is 4.27. The van der Waals surface area contributed by atoms with Crippen molar-refractivity contribution >= 4 is 15.4 Å². The van der Waals surface area contributed by atoms with Crippen LogP contribution < -0.4 is 5.32 Å². The minimum atomic E-state index is -3.23. The topological polar surface area (TPSA) is 46.2 Å². The van der Waals surface area contributed by atoms with Crippen molar-refractivity contribution < 1.29 is 8.42 Å². The van der Waals surface area contributed by atoms with Gasteiger partial charge in [0.1, 0.15) is 0 Å². The Kier molecular flexibility index (Phi) is 3.10. The summed E-state index contributed by atoms with van der Waals surface area (Å²) in [7, 11) is -1.35. The van der Waals surface area contributed by atoms with Gasteiger partial charge in [-0.2, -0.15) is 0 Å². The van der Waals surface area contributed by atoms with E-state index >= 15 is 0 Å². The van der Waals surface area contributed by atoms with Gasteiger partial charge in [0, 0.05) is 11.4 Å². The van der Waals surface area contributed by atoms with E-state index in [0.29, 0.717) is 4.90 Å². The van der Waals surface area contributed by atoms with E-state index < -0.39 is 9.84 Å². The predicted octanol–water partition coefficient (Wildman–Crippen LogP) is 2.12. The number of rotatable bonds is 3. The molecule has 0 radical (unpaired) electrons. The summed E-state index contributed by atoms with van der Waals surface area (Å²) in [6.07, 6.45) is 0.728. The Morgan fingerprint density at radius 1 is 1.35 bits per heavy atom. The van der Waals surface area contributed by atoms with Crippen LogP contribution in [-0.2, 0) is 9.84 Å². The summed E-state index contributed by atoms with van der Waals surface area (Å²) in [5.74, 6) is 0. The second-order valence-corrected chi connectivity index (χ2v) is 6.27. The zero-order chi connectivity index (χ0) is 12.6. The maximum Gasteiger partial charge on any atom is 0.200 e. The Balaban J connectivity index is 2.51. The molecule has 0 saturated heterocycles. The van der Waals surface area contributed by atoms with E-state index in [2.05, 4.69) is 5.32 Å². The van der Waals surface area contributed by atoms with E-state index in [-0.39, 0.29) is 6.04 Å². The normalized spacial score (nSPS) is 18.6. The van der Waals surface area contributed by atoms with Crippen molar-refractivity contribution in [1.29, 1.82) is 0 Å². The minimum absolute atomic E-state index is 0.267. The van der Waals surface area contributed by atoms with Gasteiger partial charge in [0.2, 0.25) is 9.84 Å². The van der Waals surface area contributed by atoms with Crippen LogP contribution in [0.15, 0.2) is 28.5 Å². The quantitative estimate of drug-likeness (QED) is 0.895. The highest BCUT2D eigenvalue weighted by Crippen LogP contribution is 2.37. The minimum Gasteiger partial charge on any atom is -0.317 e. The number of sulfone groups is 1. The van der Waals surface area contributed by atoms with Gasteiger partial charge in [-0.25, -0.2) is 8.42 Å². The molecule has 0 bridgehead atoms.